The van der Waals surface area contributed by atoms with Crippen LogP contribution < -0.4 is 0 Å². The molecule has 0 saturated heterocycles. The molecule has 17 heteroatoms. The van der Waals surface area contributed by atoms with Crippen LogP contribution in [0.2, 0.25) is 0 Å². The van der Waals surface area contributed by atoms with Gasteiger partial charge in [-0.15, -0.1) is 0 Å². The molecule has 1 radical (unpaired) electrons. The molecule has 0 bridgehead atoms. The van der Waals surface area contributed by atoms with E-state index in [0.29, 0.717) is 22.5 Å². The van der Waals surface area contributed by atoms with Gasteiger partial charge in [0.15, 0.2) is 0 Å². The molecule has 0 aliphatic heterocycles. The van der Waals surface area contributed by atoms with Crippen LogP contribution in [-0.4, -0.2) is 62.3 Å². The average molecular weight is 944 g/mol. The number of hydrogen-bond donors (Lipinski definition) is 4. The van der Waals surface area contributed by atoms with E-state index in [2.05, 4.69) is 20.2 Å². The van der Waals surface area contributed by atoms with Crippen molar-refractivity contribution in [2.45, 2.75) is 41.5 Å². The molecule has 0 aliphatic rings. The van der Waals surface area contributed by atoms with Gasteiger partial charge in [0, 0.05) is 64.6 Å². The first kappa shape index (κ1) is 48.1. The molecule has 6 aromatic carbocycles. The average Bonchev–Trinajstić information content (AvgIpc) is 3.77. The Kier molecular flexibility index (Phi) is 14.5. The number of nitro benzene ring substituents is 2. The summed E-state index contributed by atoms with van der Waals surface area (Å²) in [6.07, 6.45) is 2.72. The molecule has 0 amide bonds. The van der Waals surface area contributed by atoms with Crippen molar-refractivity contribution in [3.05, 3.63) is 186 Å². The molecule has 0 unspecified atom stereocenters. The Bertz CT molecular complexity index is 2960. The first-order valence-corrected chi connectivity index (χ1v) is 20.5. The molecule has 341 valence electrons. The number of rotatable bonds is 10. The molecule has 0 aliphatic carbocycles. The van der Waals surface area contributed by atoms with Gasteiger partial charge in [-0.05, 0) is 75.9 Å². The second-order valence-corrected chi connectivity index (χ2v) is 15.6. The third-order valence-electron chi connectivity index (χ3n) is 10.6. The predicted octanol–water partition coefficient (Wildman–Crippen LogP) is 11.1. The molecular weight excluding hydrogens is 900 g/mol. The zero-order valence-corrected chi connectivity index (χ0v) is 38.1. The van der Waals surface area contributed by atoms with E-state index in [-0.39, 0.29) is 62.8 Å². The first-order valence-electron chi connectivity index (χ1n) is 20.5. The van der Waals surface area contributed by atoms with Crippen molar-refractivity contribution >= 4 is 35.2 Å². The molecule has 0 saturated carbocycles. The molecule has 2 aromatic heterocycles. The van der Waals surface area contributed by atoms with E-state index < -0.39 is 9.85 Å². The van der Waals surface area contributed by atoms with Crippen molar-refractivity contribution in [2.24, 2.45) is 9.98 Å². The van der Waals surface area contributed by atoms with Crippen LogP contribution in [0.1, 0.15) is 44.5 Å². The molecule has 0 atom stereocenters. The summed E-state index contributed by atoms with van der Waals surface area (Å²) in [5.74, 6) is -0.680. The van der Waals surface area contributed by atoms with Crippen LogP contribution >= 0.6 is 0 Å². The Balaban J connectivity index is 0.000000218. The number of hydrogen-bond acceptors (Lipinski definition) is 12. The summed E-state index contributed by atoms with van der Waals surface area (Å²) >= 11 is 0. The van der Waals surface area contributed by atoms with Gasteiger partial charge in [-0.3, -0.25) is 30.2 Å². The number of non-ortho nitro benzene ring substituents is 2. The third kappa shape index (κ3) is 10.3. The molecule has 2 heterocycles. The Morgan fingerprint density at radius 3 is 1.15 bits per heavy atom. The van der Waals surface area contributed by atoms with Crippen LogP contribution in [0.25, 0.3) is 33.9 Å². The van der Waals surface area contributed by atoms with E-state index in [1.165, 1.54) is 58.2 Å². The molecule has 16 nitrogen and oxygen atoms in total. The first-order chi connectivity index (χ1) is 31.5. The Hall–Kier alpha value is -8.41. The number of aromatic nitrogens is 4. The summed E-state index contributed by atoms with van der Waals surface area (Å²) in [5.41, 5.74) is 10.3. The maximum Gasteiger partial charge on any atom is 0.271 e. The Morgan fingerprint density at radius 2 is 0.836 bits per heavy atom. The number of phenols is 2. The summed E-state index contributed by atoms with van der Waals surface area (Å²) in [6, 6.07) is 33.9. The summed E-state index contributed by atoms with van der Waals surface area (Å²) in [6.45, 7) is 11.8. The largest absolute Gasteiger partial charge is 0.506 e. The molecular formula is C50H44CoN8O8. The predicted molar refractivity (Wildman–Crippen MR) is 254 cm³/mol. The van der Waals surface area contributed by atoms with Gasteiger partial charge in [0.2, 0.25) is 11.8 Å². The summed E-state index contributed by atoms with van der Waals surface area (Å²) in [5, 5.41) is 74.1. The minimum atomic E-state index is -0.563. The van der Waals surface area contributed by atoms with Gasteiger partial charge in [-0.25, -0.2) is 0 Å². The van der Waals surface area contributed by atoms with Crippen molar-refractivity contribution in [2.75, 3.05) is 0 Å². The van der Waals surface area contributed by atoms with Gasteiger partial charge >= 0.3 is 0 Å². The second kappa shape index (κ2) is 20.2. The quantitative estimate of drug-likeness (QED) is 0.0576. The number of aromatic hydroxyl groups is 4. The topological polar surface area (TPSA) is 228 Å². The molecule has 0 spiro atoms. The number of phenolic OH excluding ortho intramolecular Hbond substituents is 2. The standard InChI is InChI=1S/2C25H22N4O4.Co/c2*1-15-11-16(2)24(17(3)12-15)28-25(31)20(23(27-28)18-7-5-4-6-8-18)14-26-21-13-19(29(32)33)9-10-22(21)30;/h2*4-14,30-31H,1-3H3;. The minimum absolute atomic E-state index is 0. The maximum absolute atomic E-state index is 11.2. The van der Waals surface area contributed by atoms with Crippen LogP contribution in [0.15, 0.2) is 131 Å². The molecule has 4 N–H and O–H groups in total. The van der Waals surface area contributed by atoms with E-state index in [9.17, 15) is 40.7 Å². The fourth-order valence-electron chi connectivity index (χ4n) is 7.75. The molecule has 8 rings (SSSR count). The molecule has 0 fully saturated rings. The van der Waals surface area contributed by atoms with Gasteiger partial charge in [0.05, 0.1) is 32.3 Å². The van der Waals surface area contributed by atoms with Crippen LogP contribution in [0.4, 0.5) is 22.7 Å². The minimum Gasteiger partial charge on any atom is -0.506 e. The van der Waals surface area contributed by atoms with Crippen molar-refractivity contribution in [3.63, 3.8) is 0 Å². The van der Waals surface area contributed by atoms with Crippen molar-refractivity contribution in [3.8, 4) is 57.1 Å². The van der Waals surface area contributed by atoms with Gasteiger partial charge in [0.25, 0.3) is 11.4 Å². The SMILES string of the molecule is Cc1cc(C)c(-n2nc(-c3ccccc3)c(C=Nc3cc([N+](=O)[O-])ccc3O)c2O)c(C)c1.Cc1cc(C)c(-n2nc(-c3ccccc3)c(C=Nc3cc([N+](=O)[O-])ccc3O)c2O)c(C)c1.[Co]. The van der Waals surface area contributed by atoms with Crippen LogP contribution in [0.3, 0.4) is 0 Å². The van der Waals surface area contributed by atoms with Crippen molar-refractivity contribution in [1.82, 2.24) is 19.6 Å². The number of nitro groups is 2. The fourth-order valence-corrected chi connectivity index (χ4v) is 7.75. The van der Waals surface area contributed by atoms with Gasteiger partial charge in [0.1, 0.15) is 34.3 Å². The summed E-state index contributed by atoms with van der Waals surface area (Å²) < 4.78 is 2.95. The second-order valence-electron chi connectivity index (χ2n) is 15.6. The van der Waals surface area contributed by atoms with E-state index in [1.54, 1.807) is 0 Å². The van der Waals surface area contributed by atoms with Crippen LogP contribution in [0, 0.1) is 61.8 Å². The van der Waals surface area contributed by atoms with Crippen LogP contribution in [0.5, 0.6) is 23.3 Å². The van der Waals surface area contributed by atoms with Crippen molar-refractivity contribution in [1.29, 1.82) is 0 Å². The van der Waals surface area contributed by atoms with E-state index in [4.69, 9.17) is 0 Å². The number of nitrogens with zero attached hydrogens (tertiary/aromatic N) is 8. The van der Waals surface area contributed by atoms with Crippen LogP contribution in [-0.2, 0) is 16.8 Å². The zero-order chi connectivity index (χ0) is 47.4. The number of aliphatic imine (C=N–C) groups is 2. The van der Waals surface area contributed by atoms with E-state index in [1.807, 2.05) is 126 Å². The monoisotopic (exact) mass is 943 g/mol. The Morgan fingerprint density at radius 1 is 0.507 bits per heavy atom. The third-order valence-corrected chi connectivity index (χ3v) is 10.6. The zero-order valence-electron chi connectivity index (χ0n) is 37.0. The van der Waals surface area contributed by atoms with Gasteiger partial charge in [-0.1, -0.05) is 96.1 Å². The van der Waals surface area contributed by atoms with Gasteiger partial charge < -0.3 is 20.4 Å². The van der Waals surface area contributed by atoms with Gasteiger partial charge in [-0.2, -0.15) is 19.6 Å². The molecule has 8 aromatic rings. The summed E-state index contributed by atoms with van der Waals surface area (Å²) in [4.78, 5) is 29.5. The smallest absolute Gasteiger partial charge is 0.271 e. The van der Waals surface area contributed by atoms with E-state index >= 15 is 0 Å². The Labute approximate surface area is 395 Å². The molecule has 67 heavy (non-hydrogen) atoms. The summed E-state index contributed by atoms with van der Waals surface area (Å²) in [7, 11) is 0. The normalized spacial score (nSPS) is 11.1. The number of aryl methyl sites for hydroxylation is 6. The number of benzene rings is 6. The fraction of sp³-hybridized carbons (Fsp3) is 0.120. The maximum atomic E-state index is 11.2. The van der Waals surface area contributed by atoms with Crippen molar-refractivity contribution < 1.29 is 47.1 Å². The van der Waals surface area contributed by atoms with E-state index in [0.717, 1.165) is 55.9 Å².